The number of nitrogens with one attached hydrogen (secondary N) is 1. The van der Waals surface area contributed by atoms with Crippen LogP contribution >= 0.6 is 11.3 Å². The molecule has 0 spiro atoms. The van der Waals surface area contributed by atoms with Crippen LogP contribution in [0.3, 0.4) is 0 Å². The molecule has 0 aliphatic carbocycles. The van der Waals surface area contributed by atoms with Crippen LogP contribution in [0.5, 0.6) is 0 Å². The fraction of sp³-hybridized carbons (Fsp3) is 0.688. The van der Waals surface area contributed by atoms with Crippen LogP contribution in [0, 0.1) is 12.8 Å². The third kappa shape index (κ3) is 5.20. The van der Waals surface area contributed by atoms with Gasteiger partial charge in [-0.05, 0) is 26.7 Å². The van der Waals surface area contributed by atoms with Gasteiger partial charge in [-0.2, -0.15) is 0 Å². The average Bonchev–Trinajstić information content (AvgIpc) is 2.99. The van der Waals surface area contributed by atoms with Gasteiger partial charge >= 0.3 is 5.97 Å². The molecular formula is C16H26N4O2S. The van der Waals surface area contributed by atoms with Gasteiger partial charge in [0.25, 0.3) is 0 Å². The maximum Gasteiger partial charge on any atom is 0.308 e. The van der Waals surface area contributed by atoms with Crippen LogP contribution in [0.2, 0.25) is 0 Å². The number of likely N-dealkylation sites (tertiary alicyclic amines) is 1. The lowest BCUT2D eigenvalue weighted by atomic mass is 9.97. The Hall–Kier alpha value is -1.63. The summed E-state index contributed by atoms with van der Waals surface area (Å²) < 4.78 is 4.84. The largest absolute Gasteiger partial charge is 0.469 e. The predicted octanol–water partition coefficient (Wildman–Crippen LogP) is 1.84. The van der Waals surface area contributed by atoms with Crippen LogP contribution < -0.4 is 5.32 Å². The van der Waals surface area contributed by atoms with E-state index in [-0.39, 0.29) is 11.9 Å². The highest BCUT2D eigenvalue weighted by molar-refractivity contribution is 7.09. The summed E-state index contributed by atoms with van der Waals surface area (Å²) >= 11 is 1.68. The number of methoxy groups -OCH3 is 1. The van der Waals surface area contributed by atoms with E-state index in [0.29, 0.717) is 0 Å². The number of thiazole rings is 1. The number of hydrogen-bond donors (Lipinski definition) is 1. The topological polar surface area (TPSA) is 66.8 Å². The molecule has 0 unspecified atom stereocenters. The summed E-state index contributed by atoms with van der Waals surface area (Å²) in [5.74, 6) is 0.866. The first-order valence-electron chi connectivity index (χ1n) is 8.16. The summed E-state index contributed by atoms with van der Waals surface area (Å²) in [5.41, 5.74) is 1.11. The highest BCUT2D eigenvalue weighted by Gasteiger charge is 2.26. The lowest BCUT2D eigenvalue weighted by Crippen LogP contribution is -2.46. The minimum Gasteiger partial charge on any atom is -0.469 e. The van der Waals surface area contributed by atoms with E-state index < -0.39 is 0 Å². The fourth-order valence-corrected chi connectivity index (χ4v) is 3.37. The van der Waals surface area contributed by atoms with Gasteiger partial charge in [-0.3, -0.25) is 9.79 Å². The monoisotopic (exact) mass is 338 g/mol. The Kier molecular flexibility index (Phi) is 6.83. The standard InChI is InChI=1S/C16H26N4O2S/c1-4-17-16(18-8-5-14-11-23-12(2)19-14)20-9-6-13(7-10-20)15(21)22-3/h11,13H,4-10H2,1-3H3,(H,17,18). The van der Waals surface area contributed by atoms with E-state index in [1.807, 2.05) is 6.92 Å². The van der Waals surface area contributed by atoms with Crippen molar-refractivity contribution in [3.05, 3.63) is 16.1 Å². The maximum absolute atomic E-state index is 11.6. The molecule has 2 heterocycles. The number of ether oxygens (including phenoxy) is 1. The van der Waals surface area contributed by atoms with Crippen LogP contribution in [-0.2, 0) is 16.0 Å². The summed E-state index contributed by atoms with van der Waals surface area (Å²) in [6.45, 7) is 7.32. The minimum atomic E-state index is -0.0921. The van der Waals surface area contributed by atoms with Crippen molar-refractivity contribution in [2.45, 2.75) is 33.1 Å². The molecule has 0 aromatic carbocycles. The van der Waals surface area contributed by atoms with Gasteiger partial charge in [-0.15, -0.1) is 11.3 Å². The molecule has 0 amide bonds. The summed E-state index contributed by atoms with van der Waals surface area (Å²) in [7, 11) is 1.46. The van der Waals surface area contributed by atoms with E-state index in [4.69, 9.17) is 9.73 Å². The van der Waals surface area contributed by atoms with Crippen LogP contribution in [-0.4, -0.2) is 55.1 Å². The third-order valence-electron chi connectivity index (χ3n) is 3.96. The van der Waals surface area contributed by atoms with Gasteiger partial charge in [0.1, 0.15) is 0 Å². The molecule has 1 N–H and O–H groups in total. The average molecular weight is 338 g/mol. The number of nitrogens with zero attached hydrogens (tertiary/aromatic N) is 3. The second kappa shape index (κ2) is 8.86. The van der Waals surface area contributed by atoms with Gasteiger partial charge in [-0.25, -0.2) is 4.98 Å². The molecule has 2 rings (SSSR count). The first-order chi connectivity index (χ1) is 11.1. The van der Waals surface area contributed by atoms with Crippen LogP contribution in [0.15, 0.2) is 10.4 Å². The van der Waals surface area contributed by atoms with Gasteiger partial charge in [0.15, 0.2) is 5.96 Å². The van der Waals surface area contributed by atoms with Crippen molar-refractivity contribution in [1.82, 2.24) is 15.2 Å². The van der Waals surface area contributed by atoms with Crippen molar-refractivity contribution in [2.75, 3.05) is 33.3 Å². The fourth-order valence-electron chi connectivity index (χ4n) is 2.72. The van der Waals surface area contributed by atoms with Gasteiger partial charge in [0, 0.05) is 38.0 Å². The predicted molar refractivity (Wildman–Crippen MR) is 92.8 cm³/mol. The second-order valence-electron chi connectivity index (χ2n) is 5.63. The molecule has 1 aliphatic heterocycles. The molecule has 128 valence electrons. The SMILES string of the molecule is CCNC(=NCCc1csc(C)n1)N1CCC(C(=O)OC)CC1. The zero-order valence-electron chi connectivity index (χ0n) is 14.2. The van der Waals surface area contributed by atoms with Crippen molar-refractivity contribution in [2.24, 2.45) is 10.9 Å². The highest BCUT2D eigenvalue weighted by atomic mass is 32.1. The van der Waals surface area contributed by atoms with E-state index in [0.717, 1.165) is 62.1 Å². The van der Waals surface area contributed by atoms with E-state index >= 15 is 0 Å². The first kappa shape index (κ1) is 17.7. The van der Waals surface area contributed by atoms with Crippen LogP contribution in [0.4, 0.5) is 0 Å². The number of rotatable bonds is 5. The molecule has 6 nitrogen and oxygen atoms in total. The number of hydrogen-bond acceptors (Lipinski definition) is 5. The molecule has 1 aliphatic rings. The Bertz CT molecular complexity index is 536. The smallest absolute Gasteiger partial charge is 0.308 e. The molecule has 7 heteroatoms. The number of carbonyl (C=O) groups is 1. The lowest BCUT2D eigenvalue weighted by Gasteiger charge is -2.33. The van der Waals surface area contributed by atoms with Crippen molar-refractivity contribution in [1.29, 1.82) is 0 Å². The number of carbonyl (C=O) groups excluding carboxylic acids is 1. The summed E-state index contributed by atoms with van der Waals surface area (Å²) in [5, 5.41) is 6.54. The van der Waals surface area contributed by atoms with E-state index in [2.05, 4.69) is 27.5 Å². The zero-order chi connectivity index (χ0) is 16.7. The molecule has 1 fully saturated rings. The molecule has 0 radical (unpaired) electrons. The molecule has 0 atom stereocenters. The molecule has 23 heavy (non-hydrogen) atoms. The normalized spacial score (nSPS) is 16.5. The van der Waals surface area contributed by atoms with Crippen LogP contribution in [0.1, 0.15) is 30.5 Å². The zero-order valence-corrected chi connectivity index (χ0v) is 15.0. The van der Waals surface area contributed by atoms with Crippen LogP contribution in [0.25, 0.3) is 0 Å². The Labute approximate surface area is 142 Å². The second-order valence-corrected chi connectivity index (χ2v) is 6.69. The maximum atomic E-state index is 11.6. The number of piperidine rings is 1. The quantitative estimate of drug-likeness (QED) is 0.504. The Morgan fingerprint density at radius 3 is 2.83 bits per heavy atom. The number of esters is 1. The van der Waals surface area contributed by atoms with E-state index in [1.54, 1.807) is 11.3 Å². The molecule has 1 aromatic heterocycles. The van der Waals surface area contributed by atoms with Crippen molar-refractivity contribution < 1.29 is 9.53 Å². The summed E-state index contributed by atoms with van der Waals surface area (Å²) in [6.07, 6.45) is 2.50. The Balaban J connectivity index is 1.88. The van der Waals surface area contributed by atoms with Gasteiger partial charge in [-0.1, -0.05) is 0 Å². The number of guanidine groups is 1. The van der Waals surface area contributed by atoms with Gasteiger partial charge in [0.05, 0.1) is 23.7 Å². The van der Waals surface area contributed by atoms with Gasteiger partial charge < -0.3 is 15.0 Å². The third-order valence-corrected chi connectivity index (χ3v) is 4.78. The van der Waals surface area contributed by atoms with Crippen molar-refractivity contribution in [3.63, 3.8) is 0 Å². The van der Waals surface area contributed by atoms with Crippen molar-refractivity contribution in [3.8, 4) is 0 Å². The number of aryl methyl sites for hydroxylation is 1. The molecule has 0 bridgehead atoms. The number of aromatic nitrogens is 1. The highest BCUT2D eigenvalue weighted by Crippen LogP contribution is 2.18. The first-order valence-corrected chi connectivity index (χ1v) is 9.04. The Morgan fingerprint density at radius 1 is 1.52 bits per heavy atom. The summed E-state index contributed by atoms with van der Waals surface area (Å²) in [6, 6.07) is 0. The summed E-state index contributed by atoms with van der Waals surface area (Å²) in [4.78, 5) is 23.0. The van der Waals surface area contributed by atoms with E-state index in [9.17, 15) is 4.79 Å². The van der Waals surface area contributed by atoms with Gasteiger partial charge in [0.2, 0.25) is 0 Å². The molecule has 0 saturated carbocycles. The molecule has 1 saturated heterocycles. The molecular weight excluding hydrogens is 312 g/mol. The van der Waals surface area contributed by atoms with Crippen molar-refractivity contribution >= 4 is 23.3 Å². The lowest BCUT2D eigenvalue weighted by molar-refractivity contribution is -0.146. The Morgan fingerprint density at radius 2 is 2.26 bits per heavy atom. The minimum absolute atomic E-state index is 0.0251. The van der Waals surface area contributed by atoms with E-state index in [1.165, 1.54) is 7.11 Å². The molecule has 1 aromatic rings. The number of aliphatic imine (C=N–C) groups is 1.